The molecule has 4 heteroatoms. The maximum absolute atomic E-state index is 11.5. The summed E-state index contributed by atoms with van der Waals surface area (Å²) in [5, 5.41) is 11.4. The molecule has 0 aliphatic rings. The van der Waals surface area contributed by atoms with Crippen LogP contribution in [0.3, 0.4) is 0 Å². The van der Waals surface area contributed by atoms with Crippen LogP contribution in [0.25, 0.3) is 21.8 Å². The van der Waals surface area contributed by atoms with E-state index >= 15 is 0 Å². The van der Waals surface area contributed by atoms with Crippen LogP contribution in [0.5, 0.6) is 5.75 Å². The Kier molecular flexibility index (Phi) is 2.07. The fraction of sp³-hybridized carbons (Fsp3) is 0.0714. The van der Waals surface area contributed by atoms with Crippen molar-refractivity contribution in [1.29, 1.82) is 0 Å². The number of rotatable bonds is 1. The summed E-state index contributed by atoms with van der Waals surface area (Å²) < 4.78 is 0. The first-order chi connectivity index (χ1) is 8.59. The molecule has 3 aromatic rings. The Morgan fingerprint density at radius 2 is 2.00 bits per heavy atom. The SMILES string of the molecule is Cc1ccc(O)c2c1[nH]c1cccc(C(N)=O)c12. The Morgan fingerprint density at radius 1 is 1.22 bits per heavy atom. The van der Waals surface area contributed by atoms with Crippen LogP contribution >= 0.6 is 0 Å². The van der Waals surface area contributed by atoms with Gasteiger partial charge in [-0.25, -0.2) is 0 Å². The van der Waals surface area contributed by atoms with Gasteiger partial charge in [-0.15, -0.1) is 0 Å². The molecule has 90 valence electrons. The van der Waals surface area contributed by atoms with Gasteiger partial charge in [-0.05, 0) is 30.7 Å². The van der Waals surface area contributed by atoms with Gasteiger partial charge in [0.1, 0.15) is 5.75 Å². The second kappa shape index (κ2) is 3.50. The number of aryl methyl sites for hydroxylation is 1. The van der Waals surface area contributed by atoms with Crippen molar-refractivity contribution in [2.75, 3.05) is 0 Å². The number of H-pyrrole nitrogens is 1. The largest absolute Gasteiger partial charge is 0.507 e. The minimum Gasteiger partial charge on any atom is -0.507 e. The van der Waals surface area contributed by atoms with Gasteiger partial charge in [-0.3, -0.25) is 4.79 Å². The van der Waals surface area contributed by atoms with Crippen LogP contribution in [0.15, 0.2) is 30.3 Å². The number of aromatic amines is 1. The molecule has 4 N–H and O–H groups in total. The minimum absolute atomic E-state index is 0.149. The predicted octanol–water partition coefficient (Wildman–Crippen LogP) is 2.43. The molecule has 0 fully saturated rings. The van der Waals surface area contributed by atoms with Crippen molar-refractivity contribution >= 4 is 27.7 Å². The normalized spacial score (nSPS) is 11.2. The van der Waals surface area contributed by atoms with Gasteiger partial charge in [-0.1, -0.05) is 12.1 Å². The number of hydrogen-bond acceptors (Lipinski definition) is 2. The maximum Gasteiger partial charge on any atom is 0.249 e. The Labute approximate surface area is 103 Å². The fourth-order valence-electron chi connectivity index (χ4n) is 2.38. The number of fused-ring (bicyclic) bond motifs is 3. The highest BCUT2D eigenvalue weighted by Crippen LogP contribution is 2.35. The number of aromatic hydroxyl groups is 1. The van der Waals surface area contributed by atoms with Crippen molar-refractivity contribution in [1.82, 2.24) is 4.98 Å². The minimum atomic E-state index is -0.498. The first-order valence-electron chi connectivity index (χ1n) is 5.62. The summed E-state index contributed by atoms with van der Waals surface area (Å²) in [5.41, 5.74) is 8.44. The molecule has 0 spiro atoms. The number of phenolic OH excluding ortho intramolecular Hbond substituents is 1. The summed E-state index contributed by atoms with van der Waals surface area (Å²) in [6, 6.07) is 8.75. The third kappa shape index (κ3) is 1.29. The molecule has 0 aliphatic carbocycles. The van der Waals surface area contributed by atoms with Crippen molar-refractivity contribution in [3.05, 3.63) is 41.5 Å². The molecule has 3 rings (SSSR count). The highest BCUT2D eigenvalue weighted by Gasteiger charge is 2.15. The summed E-state index contributed by atoms with van der Waals surface area (Å²) in [4.78, 5) is 14.7. The number of primary amides is 1. The van der Waals surface area contributed by atoms with E-state index in [9.17, 15) is 9.90 Å². The van der Waals surface area contributed by atoms with E-state index in [1.807, 2.05) is 19.1 Å². The average Bonchev–Trinajstić information content (AvgIpc) is 2.74. The predicted molar refractivity (Wildman–Crippen MR) is 70.7 cm³/mol. The number of amides is 1. The molecule has 1 amide bonds. The maximum atomic E-state index is 11.5. The van der Waals surface area contributed by atoms with Gasteiger partial charge in [0.15, 0.2) is 0 Å². The highest BCUT2D eigenvalue weighted by atomic mass is 16.3. The van der Waals surface area contributed by atoms with Crippen molar-refractivity contribution in [3.63, 3.8) is 0 Å². The molecule has 2 aromatic carbocycles. The van der Waals surface area contributed by atoms with Crippen LogP contribution in [0.4, 0.5) is 0 Å². The first kappa shape index (κ1) is 10.7. The molecule has 0 saturated carbocycles. The Morgan fingerprint density at radius 3 is 2.72 bits per heavy atom. The Hall–Kier alpha value is -2.49. The quantitative estimate of drug-likeness (QED) is 0.610. The Balaban J connectivity index is 2.63. The number of nitrogens with one attached hydrogen (secondary N) is 1. The first-order valence-corrected chi connectivity index (χ1v) is 5.62. The molecule has 0 radical (unpaired) electrons. The number of carbonyl (C=O) groups is 1. The van der Waals surface area contributed by atoms with Crippen LogP contribution in [0.2, 0.25) is 0 Å². The molecule has 0 saturated heterocycles. The molecule has 18 heavy (non-hydrogen) atoms. The number of hydrogen-bond donors (Lipinski definition) is 3. The summed E-state index contributed by atoms with van der Waals surface area (Å²) in [7, 11) is 0. The highest BCUT2D eigenvalue weighted by molar-refractivity contribution is 6.19. The molecule has 0 aliphatic heterocycles. The topological polar surface area (TPSA) is 79.1 Å². The molecular formula is C14H12N2O2. The van der Waals surface area contributed by atoms with E-state index in [2.05, 4.69) is 4.98 Å². The van der Waals surface area contributed by atoms with Crippen LogP contribution in [0, 0.1) is 6.92 Å². The van der Waals surface area contributed by atoms with Crippen LogP contribution < -0.4 is 5.73 Å². The van der Waals surface area contributed by atoms with E-state index < -0.39 is 5.91 Å². The van der Waals surface area contributed by atoms with Crippen LogP contribution in [-0.2, 0) is 0 Å². The van der Waals surface area contributed by atoms with E-state index in [0.29, 0.717) is 16.3 Å². The molecule has 0 atom stereocenters. The Bertz CT molecular complexity index is 787. The van der Waals surface area contributed by atoms with Crippen molar-refractivity contribution in [2.45, 2.75) is 6.92 Å². The van der Waals surface area contributed by atoms with Gasteiger partial charge in [0.05, 0.1) is 10.9 Å². The summed E-state index contributed by atoms with van der Waals surface area (Å²) in [6.07, 6.45) is 0. The zero-order valence-electron chi connectivity index (χ0n) is 9.82. The molecule has 1 heterocycles. The molecule has 1 aromatic heterocycles. The summed E-state index contributed by atoms with van der Waals surface area (Å²) >= 11 is 0. The van der Waals surface area contributed by atoms with Crippen LogP contribution in [-0.4, -0.2) is 16.0 Å². The summed E-state index contributed by atoms with van der Waals surface area (Å²) in [5.74, 6) is -0.349. The number of benzene rings is 2. The van der Waals surface area contributed by atoms with E-state index in [4.69, 9.17) is 5.73 Å². The molecule has 0 unspecified atom stereocenters. The van der Waals surface area contributed by atoms with E-state index in [-0.39, 0.29) is 5.75 Å². The van der Waals surface area contributed by atoms with Gasteiger partial charge in [-0.2, -0.15) is 0 Å². The number of aromatic nitrogens is 1. The number of carbonyl (C=O) groups excluding carboxylic acids is 1. The van der Waals surface area contributed by atoms with Gasteiger partial charge in [0.2, 0.25) is 5.91 Å². The molecule has 4 nitrogen and oxygen atoms in total. The summed E-state index contributed by atoms with van der Waals surface area (Å²) in [6.45, 7) is 1.95. The van der Waals surface area contributed by atoms with Gasteiger partial charge in [0.25, 0.3) is 0 Å². The van der Waals surface area contributed by atoms with Crippen molar-refractivity contribution in [2.24, 2.45) is 5.73 Å². The lowest BCUT2D eigenvalue weighted by Gasteiger charge is -2.01. The second-order valence-corrected chi connectivity index (χ2v) is 4.37. The zero-order chi connectivity index (χ0) is 12.9. The average molecular weight is 240 g/mol. The van der Waals surface area contributed by atoms with Gasteiger partial charge >= 0.3 is 0 Å². The standard InChI is InChI=1S/C14H12N2O2/c1-7-5-6-10(17)12-11-8(14(15)18)3-2-4-9(11)16-13(7)12/h2-6,16-17H,1H3,(H2,15,18). The van der Waals surface area contributed by atoms with E-state index in [0.717, 1.165) is 16.6 Å². The lowest BCUT2D eigenvalue weighted by molar-refractivity contribution is 0.100. The van der Waals surface area contributed by atoms with Gasteiger partial charge < -0.3 is 15.8 Å². The zero-order valence-corrected chi connectivity index (χ0v) is 9.82. The lowest BCUT2D eigenvalue weighted by atomic mass is 10.0. The van der Waals surface area contributed by atoms with E-state index in [1.165, 1.54) is 0 Å². The van der Waals surface area contributed by atoms with Gasteiger partial charge in [0, 0.05) is 16.5 Å². The smallest absolute Gasteiger partial charge is 0.249 e. The molecule has 0 bridgehead atoms. The van der Waals surface area contributed by atoms with Crippen molar-refractivity contribution < 1.29 is 9.90 Å². The monoisotopic (exact) mass is 240 g/mol. The fourth-order valence-corrected chi connectivity index (χ4v) is 2.38. The molecular weight excluding hydrogens is 228 g/mol. The van der Waals surface area contributed by atoms with Crippen molar-refractivity contribution in [3.8, 4) is 5.75 Å². The number of nitrogens with two attached hydrogens (primary N) is 1. The number of phenols is 1. The van der Waals surface area contributed by atoms with Crippen LogP contribution in [0.1, 0.15) is 15.9 Å². The second-order valence-electron chi connectivity index (χ2n) is 4.37. The third-order valence-corrected chi connectivity index (χ3v) is 3.23. The lowest BCUT2D eigenvalue weighted by Crippen LogP contribution is -2.10. The third-order valence-electron chi connectivity index (χ3n) is 3.23. The van der Waals surface area contributed by atoms with E-state index in [1.54, 1.807) is 18.2 Å².